The molecule has 0 spiro atoms. The number of esters is 4. The maximum absolute atomic E-state index is 14.8. The van der Waals surface area contributed by atoms with Crippen LogP contribution in [-0.2, 0) is 25.5 Å². The summed E-state index contributed by atoms with van der Waals surface area (Å²) >= 11 is 0. The first kappa shape index (κ1) is 31.2. The summed E-state index contributed by atoms with van der Waals surface area (Å²) in [6.07, 6.45) is 0.195. The second kappa shape index (κ2) is 13.8. The number of carbonyl (C=O) groups is 4. The molecule has 0 amide bonds. The molecule has 42 heavy (non-hydrogen) atoms. The molecule has 0 N–H and O–H groups in total. The summed E-state index contributed by atoms with van der Waals surface area (Å²) in [6, 6.07) is 15.1. The molecule has 3 aromatic carbocycles. The second-order valence-corrected chi connectivity index (χ2v) is 9.40. The van der Waals surface area contributed by atoms with E-state index in [1.54, 1.807) is 36.4 Å². The standard InChI is InChI=1S/C33H29FO8/c1-19(2)30(35)40-25-11-8-23(9-12-25)24-10-13-26(27(34)18-24)33(38)39-16-15-22-7-14-28(41-31(36)20(3)4)29(17-22)42-32(37)21(5)6/h7-14,17-18H,1,3,5,15-16H2,2,4,6H3. The van der Waals surface area contributed by atoms with Gasteiger partial charge in [-0.1, -0.05) is 44.0 Å². The van der Waals surface area contributed by atoms with E-state index in [1.807, 2.05) is 0 Å². The Bertz CT molecular complexity index is 1580. The molecule has 0 aromatic heterocycles. The van der Waals surface area contributed by atoms with E-state index < -0.39 is 29.7 Å². The SMILES string of the molecule is C=C(C)C(=O)Oc1ccc(-c2ccc(C(=O)OCCc3ccc(OC(=O)C(=C)C)c(OC(=O)C(=C)C)c3)c(F)c2)cc1. The molecule has 0 aliphatic rings. The predicted octanol–water partition coefficient (Wildman–Crippen LogP) is 6.34. The van der Waals surface area contributed by atoms with E-state index in [0.717, 1.165) is 0 Å². The molecule has 216 valence electrons. The van der Waals surface area contributed by atoms with Gasteiger partial charge in [0.2, 0.25) is 0 Å². The molecular formula is C33H29FO8. The minimum Gasteiger partial charge on any atom is -0.462 e. The molecular weight excluding hydrogens is 543 g/mol. The van der Waals surface area contributed by atoms with Gasteiger partial charge in [-0.3, -0.25) is 0 Å². The van der Waals surface area contributed by atoms with Gasteiger partial charge in [0.05, 0.1) is 12.2 Å². The summed E-state index contributed by atoms with van der Waals surface area (Å²) in [5.74, 6) is -3.30. The van der Waals surface area contributed by atoms with E-state index in [2.05, 4.69) is 19.7 Å². The predicted molar refractivity (Wildman–Crippen MR) is 154 cm³/mol. The maximum atomic E-state index is 14.8. The molecule has 0 fully saturated rings. The van der Waals surface area contributed by atoms with Crippen molar-refractivity contribution in [2.24, 2.45) is 0 Å². The Morgan fingerprint density at radius 3 is 1.79 bits per heavy atom. The van der Waals surface area contributed by atoms with Crippen molar-refractivity contribution in [3.63, 3.8) is 0 Å². The normalized spacial score (nSPS) is 10.3. The van der Waals surface area contributed by atoms with Crippen LogP contribution < -0.4 is 14.2 Å². The number of hydrogen-bond acceptors (Lipinski definition) is 8. The van der Waals surface area contributed by atoms with Gasteiger partial charge in [-0.05, 0) is 73.9 Å². The molecule has 0 aliphatic heterocycles. The Kier molecular flexibility index (Phi) is 10.3. The second-order valence-electron chi connectivity index (χ2n) is 9.40. The summed E-state index contributed by atoms with van der Waals surface area (Å²) < 4.78 is 35.8. The van der Waals surface area contributed by atoms with E-state index in [1.165, 1.54) is 45.0 Å². The van der Waals surface area contributed by atoms with Crippen molar-refractivity contribution in [3.05, 3.63) is 114 Å². The van der Waals surface area contributed by atoms with Crippen molar-refractivity contribution in [2.75, 3.05) is 6.61 Å². The van der Waals surface area contributed by atoms with Crippen LogP contribution in [0.3, 0.4) is 0 Å². The van der Waals surface area contributed by atoms with Crippen LogP contribution in [0, 0.1) is 5.82 Å². The number of benzene rings is 3. The van der Waals surface area contributed by atoms with Gasteiger partial charge in [0.15, 0.2) is 11.5 Å². The van der Waals surface area contributed by atoms with Crippen LogP contribution in [0.25, 0.3) is 11.1 Å². The Labute approximate surface area is 242 Å². The molecule has 0 heterocycles. The van der Waals surface area contributed by atoms with Crippen molar-refractivity contribution in [1.29, 1.82) is 0 Å². The zero-order valence-electron chi connectivity index (χ0n) is 23.5. The Morgan fingerprint density at radius 2 is 1.21 bits per heavy atom. The topological polar surface area (TPSA) is 105 Å². The fourth-order valence-corrected chi connectivity index (χ4v) is 3.36. The lowest BCUT2D eigenvalue weighted by Crippen LogP contribution is -2.13. The third kappa shape index (κ3) is 8.34. The third-order valence-electron chi connectivity index (χ3n) is 5.67. The zero-order valence-corrected chi connectivity index (χ0v) is 23.5. The summed E-state index contributed by atoms with van der Waals surface area (Å²) in [7, 11) is 0. The van der Waals surface area contributed by atoms with Gasteiger partial charge in [0.25, 0.3) is 0 Å². The van der Waals surface area contributed by atoms with Gasteiger partial charge in [-0.25, -0.2) is 23.6 Å². The molecule has 0 aliphatic carbocycles. The van der Waals surface area contributed by atoms with Crippen LogP contribution in [0.5, 0.6) is 17.2 Å². The first-order valence-electron chi connectivity index (χ1n) is 12.7. The van der Waals surface area contributed by atoms with Crippen molar-refractivity contribution in [3.8, 4) is 28.4 Å². The van der Waals surface area contributed by atoms with Crippen LogP contribution in [-0.4, -0.2) is 30.5 Å². The average Bonchev–Trinajstić information content (AvgIpc) is 2.94. The largest absolute Gasteiger partial charge is 0.462 e. The number of rotatable bonds is 11. The van der Waals surface area contributed by atoms with E-state index in [4.69, 9.17) is 18.9 Å². The molecule has 0 radical (unpaired) electrons. The van der Waals surface area contributed by atoms with Crippen LogP contribution in [0.15, 0.2) is 97.1 Å². The van der Waals surface area contributed by atoms with Crippen LogP contribution >= 0.6 is 0 Å². The van der Waals surface area contributed by atoms with Crippen molar-refractivity contribution < 1.29 is 42.5 Å². The quantitative estimate of drug-likeness (QED) is 0.149. The third-order valence-corrected chi connectivity index (χ3v) is 5.67. The summed E-state index contributed by atoms with van der Waals surface area (Å²) in [6.45, 7) is 15.0. The first-order valence-corrected chi connectivity index (χ1v) is 12.7. The Hall–Kier alpha value is -5.31. The van der Waals surface area contributed by atoms with Gasteiger partial charge in [-0.2, -0.15) is 0 Å². The maximum Gasteiger partial charge on any atom is 0.341 e. The first-order chi connectivity index (χ1) is 19.8. The number of carbonyl (C=O) groups excluding carboxylic acids is 4. The lowest BCUT2D eigenvalue weighted by Gasteiger charge is -2.13. The van der Waals surface area contributed by atoms with Gasteiger partial charge in [0.1, 0.15) is 11.6 Å². The van der Waals surface area contributed by atoms with E-state index >= 15 is 0 Å². The average molecular weight is 573 g/mol. The smallest absolute Gasteiger partial charge is 0.341 e. The molecule has 0 saturated heterocycles. The highest BCUT2D eigenvalue weighted by Gasteiger charge is 2.18. The lowest BCUT2D eigenvalue weighted by molar-refractivity contribution is -0.132. The number of halogens is 1. The van der Waals surface area contributed by atoms with E-state index in [0.29, 0.717) is 22.4 Å². The molecule has 0 unspecified atom stereocenters. The van der Waals surface area contributed by atoms with Gasteiger partial charge in [0, 0.05) is 23.1 Å². The van der Waals surface area contributed by atoms with Crippen LogP contribution in [0.1, 0.15) is 36.7 Å². The molecule has 8 nitrogen and oxygen atoms in total. The number of hydrogen-bond donors (Lipinski definition) is 0. The molecule has 0 saturated carbocycles. The highest BCUT2D eigenvalue weighted by atomic mass is 19.1. The van der Waals surface area contributed by atoms with Gasteiger partial charge in [-0.15, -0.1) is 0 Å². The van der Waals surface area contributed by atoms with Crippen LogP contribution in [0.4, 0.5) is 4.39 Å². The van der Waals surface area contributed by atoms with Gasteiger partial charge < -0.3 is 18.9 Å². The Morgan fingerprint density at radius 1 is 0.667 bits per heavy atom. The molecule has 9 heteroatoms. The molecule has 0 bridgehead atoms. The van der Waals surface area contributed by atoms with Crippen molar-refractivity contribution >= 4 is 23.9 Å². The van der Waals surface area contributed by atoms with Crippen molar-refractivity contribution in [1.82, 2.24) is 0 Å². The Balaban J connectivity index is 1.66. The minimum absolute atomic E-state index is 0.00280. The fraction of sp³-hybridized carbons (Fsp3) is 0.152. The van der Waals surface area contributed by atoms with Gasteiger partial charge >= 0.3 is 23.9 Å². The highest BCUT2D eigenvalue weighted by Crippen LogP contribution is 2.30. The summed E-state index contributed by atoms with van der Waals surface area (Å²) in [5, 5.41) is 0. The monoisotopic (exact) mass is 572 g/mol. The summed E-state index contributed by atoms with van der Waals surface area (Å²) in [5.41, 5.74) is 2.05. The molecule has 3 rings (SSSR count). The van der Waals surface area contributed by atoms with E-state index in [9.17, 15) is 23.6 Å². The van der Waals surface area contributed by atoms with Crippen LogP contribution in [0.2, 0.25) is 0 Å². The van der Waals surface area contributed by atoms with E-state index in [-0.39, 0.29) is 46.8 Å². The molecule has 0 atom stereocenters. The highest BCUT2D eigenvalue weighted by molar-refractivity contribution is 5.92. The number of ether oxygens (including phenoxy) is 4. The minimum atomic E-state index is -0.859. The van der Waals surface area contributed by atoms with Crippen molar-refractivity contribution in [2.45, 2.75) is 27.2 Å². The zero-order chi connectivity index (χ0) is 31.0. The molecule has 3 aromatic rings. The fourth-order valence-electron chi connectivity index (χ4n) is 3.36. The summed E-state index contributed by atoms with van der Waals surface area (Å²) in [4.78, 5) is 48.3. The lowest BCUT2D eigenvalue weighted by atomic mass is 10.0.